The van der Waals surface area contributed by atoms with E-state index >= 15 is 0 Å². The predicted molar refractivity (Wildman–Crippen MR) is 104 cm³/mol. The molecule has 1 amide bonds. The second-order valence-corrected chi connectivity index (χ2v) is 6.61. The van der Waals surface area contributed by atoms with Crippen molar-refractivity contribution in [1.29, 1.82) is 0 Å². The molecule has 0 saturated carbocycles. The van der Waals surface area contributed by atoms with E-state index in [0.29, 0.717) is 22.6 Å². The van der Waals surface area contributed by atoms with Gasteiger partial charge in [0, 0.05) is 23.9 Å². The summed E-state index contributed by atoms with van der Waals surface area (Å²) in [6.45, 7) is 3.69. The summed E-state index contributed by atoms with van der Waals surface area (Å²) in [5.74, 6) is 0.0817. The summed E-state index contributed by atoms with van der Waals surface area (Å²) in [5.41, 5.74) is 1.06. The third-order valence-corrected chi connectivity index (χ3v) is 4.09. The van der Waals surface area contributed by atoms with Crippen molar-refractivity contribution in [3.8, 4) is 11.5 Å². The largest absolute Gasteiger partial charge is 0.465 e. The van der Waals surface area contributed by atoms with Gasteiger partial charge in [0.05, 0.1) is 18.2 Å². The molecular weight excluding hydrogens is 376 g/mol. The minimum absolute atomic E-state index is 0.106. The Balaban J connectivity index is 1.73. The van der Waals surface area contributed by atoms with Crippen molar-refractivity contribution in [3.05, 3.63) is 64.3 Å². The molecule has 2 heterocycles. The first-order chi connectivity index (χ1) is 13.9. The Hall–Kier alpha value is -3.75. The predicted octanol–water partition coefficient (Wildman–Crippen LogP) is 2.45. The number of ether oxygens (including phenoxy) is 1. The Labute approximate surface area is 166 Å². The number of nitrogens with one attached hydrogen (secondary N) is 1. The van der Waals surface area contributed by atoms with E-state index in [2.05, 4.69) is 20.2 Å². The third-order valence-electron chi connectivity index (χ3n) is 4.09. The van der Waals surface area contributed by atoms with Gasteiger partial charge in [-0.3, -0.25) is 9.59 Å². The molecule has 0 spiro atoms. The molecule has 0 atom stereocenters. The quantitative estimate of drug-likeness (QED) is 0.636. The monoisotopic (exact) mass is 396 g/mol. The van der Waals surface area contributed by atoms with Gasteiger partial charge in [-0.05, 0) is 30.3 Å². The molecule has 0 radical (unpaired) electrons. The lowest BCUT2D eigenvalue weighted by Crippen LogP contribution is -2.26. The Morgan fingerprint density at radius 3 is 2.52 bits per heavy atom. The van der Waals surface area contributed by atoms with Crippen LogP contribution in [-0.4, -0.2) is 33.7 Å². The van der Waals surface area contributed by atoms with E-state index < -0.39 is 11.9 Å². The van der Waals surface area contributed by atoms with Gasteiger partial charge in [0.25, 0.3) is 11.4 Å². The maximum Gasteiger partial charge on any atom is 0.337 e. The number of hydrogen-bond acceptors (Lipinski definition) is 7. The molecule has 0 bridgehead atoms. The van der Waals surface area contributed by atoms with E-state index in [4.69, 9.17) is 4.52 Å². The van der Waals surface area contributed by atoms with Crippen LogP contribution < -0.4 is 10.9 Å². The van der Waals surface area contributed by atoms with Crippen LogP contribution in [0.4, 0.5) is 5.69 Å². The number of benzene rings is 1. The first kappa shape index (κ1) is 20.0. The van der Waals surface area contributed by atoms with Gasteiger partial charge < -0.3 is 19.1 Å². The van der Waals surface area contributed by atoms with Gasteiger partial charge in [0.1, 0.15) is 6.54 Å². The van der Waals surface area contributed by atoms with Crippen molar-refractivity contribution in [1.82, 2.24) is 14.7 Å². The molecule has 3 rings (SSSR count). The smallest absolute Gasteiger partial charge is 0.337 e. The maximum atomic E-state index is 12.3. The van der Waals surface area contributed by atoms with Gasteiger partial charge >= 0.3 is 5.97 Å². The highest BCUT2D eigenvalue weighted by Crippen LogP contribution is 2.19. The van der Waals surface area contributed by atoms with Crippen LogP contribution in [-0.2, 0) is 16.1 Å². The number of carbonyl (C=O) groups is 2. The van der Waals surface area contributed by atoms with Crippen LogP contribution in [0.15, 0.2) is 51.9 Å². The van der Waals surface area contributed by atoms with E-state index in [0.717, 1.165) is 0 Å². The van der Waals surface area contributed by atoms with Gasteiger partial charge in [0.2, 0.25) is 5.91 Å². The van der Waals surface area contributed by atoms with Crippen LogP contribution in [0.3, 0.4) is 0 Å². The lowest BCUT2D eigenvalue weighted by atomic mass is 10.2. The minimum atomic E-state index is -0.465. The lowest BCUT2D eigenvalue weighted by molar-refractivity contribution is -0.116. The fourth-order valence-corrected chi connectivity index (χ4v) is 2.53. The molecular formula is C20H20N4O5. The summed E-state index contributed by atoms with van der Waals surface area (Å²) in [5, 5.41) is 6.58. The summed E-state index contributed by atoms with van der Waals surface area (Å²) in [7, 11) is 1.29. The molecule has 150 valence electrons. The summed E-state index contributed by atoms with van der Waals surface area (Å²) >= 11 is 0. The number of carbonyl (C=O) groups excluding carboxylic acids is 2. The molecule has 0 fully saturated rings. The standard InChI is InChI=1S/C20H20N4O5/c1-12(2)18-22-19(29-23-18)14-6-9-17(26)24(10-14)11-16(25)21-15-7-4-13(5-8-15)20(27)28-3/h4-10,12H,11H2,1-3H3,(H,21,25). The molecule has 0 aliphatic rings. The van der Waals surface area contributed by atoms with Gasteiger partial charge in [-0.25, -0.2) is 4.79 Å². The summed E-state index contributed by atoms with van der Waals surface area (Å²) in [6.07, 6.45) is 1.50. The first-order valence-electron chi connectivity index (χ1n) is 8.90. The van der Waals surface area contributed by atoms with Crippen LogP contribution in [0.5, 0.6) is 0 Å². The fourth-order valence-electron chi connectivity index (χ4n) is 2.53. The van der Waals surface area contributed by atoms with Crippen LogP contribution in [0, 0.1) is 0 Å². The topological polar surface area (TPSA) is 116 Å². The van der Waals surface area contributed by atoms with Gasteiger partial charge in [-0.15, -0.1) is 0 Å². The second-order valence-electron chi connectivity index (χ2n) is 6.61. The van der Waals surface area contributed by atoms with Gasteiger partial charge in [-0.2, -0.15) is 4.98 Å². The summed E-state index contributed by atoms with van der Waals surface area (Å²) < 4.78 is 11.1. The molecule has 0 unspecified atom stereocenters. The zero-order chi connectivity index (χ0) is 21.0. The number of rotatable bonds is 6. The molecule has 2 aromatic heterocycles. The zero-order valence-electron chi connectivity index (χ0n) is 16.2. The van der Waals surface area contributed by atoms with Crippen molar-refractivity contribution < 1.29 is 18.8 Å². The maximum absolute atomic E-state index is 12.3. The van der Waals surface area contributed by atoms with Crippen molar-refractivity contribution in [2.45, 2.75) is 26.3 Å². The van der Waals surface area contributed by atoms with Crippen LogP contribution in [0.25, 0.3) is 11.5 Å². The molecule has 0 aliphatic heterocycles. The number of amides is 1. The Morgan fingerprint density at radius 1 is 1.17 bits per heavy atom. The van der Waals surface area contributed by atoms with E-state index in [-0.39, 0.29) is 23.9 Å². The first-order valence-corrected chi connectivity index (χ1v) is 8.90. The van der Waals surface area contributed by atoms with E-state index in [1.807, 2.05) is 13.8 Å². The molecule has 1 N–H and O–H groups in total. The number of nitrogens with zero attached hydrogens (tertiary/aromatic N) is 3. The number of aromatic nitrogens is 3. The molecule has 0 aliphatic carbocycles. The SMILES string of the molecule is COC(=O)c1ccc(NC(=O)Cn2cc(-c3nc(C(C)C)no3)ccc2=O)cc1. The average Bonchev–Trinajstić information content (AvgIpc) is 3.20. The fraction of sp³-hybridized carbons (Fsp3) is 0.250. The van der Waals surface area contributed by atoms with Crippen LogP contribution in [0.1, 0.15) is 35.9 Å². The number of esters is 1. The molecule has 9 heteroatoms. The Kier molecular flexibility index (Phi) is 5.87. The minimum Gasteiger partial charge on any atom is -0.465 e. The normalized spacial score (nSPS) is 10.8. The second kappa shape index (κ2) is 8.51. The molecule has 3 aromatic rings. The Bertz CT molecular complexity index is 1080. The number of methoxy groups -OCH3 is 1. The highest BCUT2D eigenvalue weighted by molar-refractivity contribution is 5.93. The Morgan fingerprint density at radius 2 is 1.90 bits per heavy atom. The average molecular weight is 396 g/mol. The summed E-state index contributed by atoms with van der Waals surface area (Å²) in [4.78, 5) is 40.2. The lowest BCUT2D eigenvalue weighted by Gasteiger charge is -2.08. The molecule has 1 aromatic carbocycles. The summed E-state index contributed by atoms with van der Waals surface area (Å²) in [6, 6.07) is 9.14. The number of pyridine rings is 1. The van der Waals surface area contributed by atoms with Crippen LogP contribution in [0.2, 0.25) is 0 Å². The van der Waals surface area contributed by atoms with E-state index in [1.165, 1.54) is 36.1 Å². The molecule has 29 heavy (non-hydrogen) atoms. The zero-order valence-corrected chi connectivity index (χ0v) is 16.2. The van der Waals surface area contributed by atoms with Crippen molar-refractivity contribution in [2.24, 2.45) is 0 Å². The molecule has 0 saturated heterocycles. The highest BCUT2D eigenvalue weighted by atomic mass is 16.5. The van der Waals surface area contributed by atoms with Crippen LogP contribution >= 0.6 is 0 Å². The van der Waals surface area contributed by atoms with E-state index in [9.17, 15) is 14.4 Å². The van der Waals surface area contributed by atoms with Gasteiger partial charge in [0.15, 0.2) is 5.82 Å². The van der Waals surface area contributed by atoms with Gasteiger partial charge in [-0.1, -0.05) is 19.0 Å². The van der Waals surface area contributed by atoms with Crippen molar-refractivity contribution >= 4 is 17.6 Å². The van der Waals surface area contributed by atoms with Crippen molar-refractivity contribution in [2.75, 3.05) is 12.4 Å². The van der Waals surface area contributed by atoms with E-state index in [1.54, 1.807) is 18.2 Å². The number of hydrogen-bond donors (Lipinski definition) is 1. The van der Waals surface area contributed by atoms with Crippen molar-refractivity contribution in [3.63, 3.8) is 0 Å². The number of anilines is 1. The highest BCUT2D eigenvalue weighted by Gasteiger charge is 2.14. The molecule has 9 nitrogen and oxygen atoms in total. The third kappa shape index (κ3) is 4.75.